The van der Waals surface area contributed by atoms with Crippen LogP contribution in [0.5, 0.6) is 0 Å². The molecule has 1 heterocycles. The van der Waals surface area contributed by atoms with E-state index in [1.807, 2.05) is 14.1 Å². The summed E-state index contributed by atoms with van der Waals surface area (Å²) in [6, 6.07) is 12.2. The highest BCUT2D eigenvalue weighted by Gasteiger charge is 2.30. The molecule has 2 aromatic carbocycles. The van der Waals surface area contributed by atoms with Crippen molar-refractivity contribution < 1.29 is 18.0 Å². The Morgan fingerprint density at radius 2 is 1.83 bits per heavy atom. The largest absolute Gasteiger partial charge is 0.416 e. The van der Waals surface area contributed by atoms with Crippen molar-refractivity contribution in [3.63, 3.8) is 0 Å². The molecule has 0 atom stereocenters. The Hall–Kier alpha value is -2.71. The molecule has 158 valence electrons. The fourth-order valence-corrected chi connectivity index (χ4v) is 3.69. The van der Waals surface area contributed by atoms with E-state index >= 15 is 0 Å². The van der Waals surface area contributed by atoms with Gasteiger partial charge in [0.25, 0.3) is 5.91 Å². The normalized spacial score (nSPS) is 11.7. The number of carbonyl (C=O) groups excluding carboxylic acids is 1. The molecule has 3 rings (SSSR count). The molecule has 0 saturated heterocycles. The van der Waals surface area contributed by atoms with Crippen LogP contribution >= 0.6 is 11.3 Å². The second kappa shape index (κ2) is 9.40. The van der Waals surface area contributed by atoms with E-state index < -0.39 is 11.7 Å². The summed E-state index contributed by atoms with van der Waals surface area (Å²) < 4.78 is 38.8. The summed E-state index contributed by atoms with van der Waals surface area (Å²) >= 11 is 1.35. The molecule has 0 saturated carbocycles. The van der Waals surface area contributed by atoms with E-state index in [9.17, 15) is 18.0 Å². The van der Waals surface area contributed by atoms with Crippen LogP contribution < -0.4 is 5.32 Å². The molecule has 1 aromatic heterocycles. The minimum absolute atomic E-state index is 0.135. The van der Waals surface area contributed by atoms with Gasteiger partial charge in [0.2, 0.25) is 0 Å². The molecule has 0 bridgehead atoms. The zero-order valence-corrected chi connectivity index (χ0v) is 17.5. The number of nitrogens with zero attached hydrogens (tertiary/aromatic N) is 2. The molecule has 0 spiro atoms. The third-order valence-corrected chi connectivity index (χ3v) is 5.34. The number of carbonyl (C=O) groups is 1. The van der Waals surface area contributed by atoms with E-state index in [1.54, 1.807) is 35.7 Å². The van der Waals surface area contributed by atoms with Crippen molar-refractivity contribution in [1.82, 2.24) is 15.2 Å². The van der Waals surface area contributed by atoms with E-state index in [2.05, 4.69) is 15.2 Å². The van der Waals surface area contributed by atoms with Crippen LogP contribution in [0.25, 0.3) is 21.8 Å². The van der Waals surface area contributed by atoms with Crippen LogP contribution in [0.1, 0.15) is 22.3 Å². The third kappa shape index (κ3) is 5.67. The highest BCUT2D eigenvalue weighted by molar-refractivity contribution is 7.13. The standard InChI is InChI=1S/C22H22F3N3OS/c1-28(2)12-4-11-26-20(29)15-7-9-16(10-8-15)21-27-19(14-30-21)17-5-3-6-18(13-17)22(23,24)25/h3,5-10,13-14H,4,11-12H2,1-2H3,(H,26,29). The minimum Gasteiger partial charge on any atom is -0.352 e. The summed E-state index contributed by atoms with van der Waals surface area (Å²) in [6.07, 6.45) is -3.52. The molecule has 0 aliphatic carbocycles. The third-order valence-electron chi connectivity index (χ3n) is 4.45. The smallest absolute Gasteiger partial charge is 0.352 e. The lowest BCUT2D eigenvalue weighted by Gasteiger charge is -2.10. The first-order valence-electron chi connectivity index (χ1n) is 9.40. The molecule has 1 N–H and O–H groups in total. The Balaban J connectivity index is 1.68. The van der Waals surface area contributed by atoms with Crippen molar-refractivity contribution in [2.45, 2.75) is 12.6 Å². The number of hydrogen-bond donors (Lipinski definition) is 1. The van der Waals surface area contributed by atoms with Crippen molar-refractivity contribution in [3.05, 3.63) is 65.0 Å². The maximum Gasteiger partial charge on any atom is 0.416 e. The van der Waals surface area contributed by atoms with Crippen molar-refractivity contribution in [3.8, 4) is 21.8 Å². The van der Waals surface area contributed by atoms with Crippen molar-refractivity contribution in [1.29, 1.82) is 0 Å². The van der Waals surface area contributed by atoms with Gasteiger partial charge in [0.1, 0.15) is 5.01 Å². The molecule has 1 amide bonds. The second-order valence-electron chi connectivity index (χ2n) is 7.11. The van der Waals surface area contributed by atoms with Crippen molar-refractivity contribution in [2.24, 2.45) is 0 Å². The SMILES string of the molecule is CN(C)CCCNC(=O)c1ccc(-c2nc(-c3cccc(C(F)(F)F)c3)cs2)cc1. The van der Waals surface area contributed by atoms with Gasteiger partial charge in [0.05, 0.1) is 11.3 Å². The topological polar surface area (TPSA) is 45.2 Å². The van der Waals surface area contributed by atoms with Crippen LogP contribution in [-0.2, 0) is 6.18 Å². The Kier molecular flexibility index (Phi) is 6.89. The molecule has 30 heavy (non-hydrogen) atoms. The van der Waals surface area contributed by atoms with Gasteiger partial charge in [-0.3, -0.25) is 4.79 Å². The number of alkyl halides is 3. The quantitative estimate of drug-likeness (QED) is 0.523. The Morgan fingerprint density at radius 3 is 2.50 bits per heavy atom. The average molecular weight is 433 g/mol. The van der Waals surface area contributed by atoms with E-state index in [-0.39, 0.29) is 5.91 Å². The number of nitrogens with one attached hydrogen (secondary N) is 1. The van der Waals surface area contributed by atoms with Gasteiger partial charge in [-0.05, 0) is 51.3 Å². The van der Waals surface area contributed by atoms with Crippen LogP contribution in [-0.4, -0.2) is 43.0 Å². The molecule has 4 nitrogen and oxygen atoms in total. The molecule has 3 aromatic rings. The van der Waals surface area contributed by atoms with Crippen LogP contribution in [0.4, 0.5) is 13.2 Å². The lowest BCUT2D eigenvalue weighted by atomic mass is 10.1. The number of amides is 1. The lowest BCUT2D eigenvalue weighted by Crippen LogP contribution is -2.27. The first-order valence-corrected chi connectivity index (χ1v) is 10.3. The van der Waals surface area contributed by atoms with Crippen LogP contribution in [0.3, 0.4) is 0 Å². The zero-order chi connectivity index (χ0) is 21.7. The Morgan fingerprint density at radius 1 is 1.10 bits per heavy atom. The monoisotopic (exact) mass is 433 g/mol. The number of aromatic nitrogens is 1. The van der Waals surface area contributed by atoms with E-state index in [0.717, 1.165) is 30.7 Å². The molecule has 0 radical (unpaired) electrons. The summed E-state index contributed by atoms with van der Waals surface area (Å²) in [4.78, 5) is 18.7. The van der Waals surface area contributed by atoms with Gasteiger partial charge in [0.15, 0.2) is 0 Å². The van der Waals surface area contributed by atoms with Gasteiger partial charge < -0.3 is 10.2 Å². The molecule has 0 fully saturated rings. The fourth-order valence-electron chi connectivity index (χ4n) is 2.86. The van der Waals surface area contributed by atoms with Crippen molar-refractivity contribution in [2.75, 3.05) is 27.2 Å². The van der Waals surface area contributed by atoms with Gasteiger partial charge in [0, 0.05) is 28.6 Å². The van der Waals surface area contributed by atoms with Crippen LogP contribution in [0, 0.1) is 0 Å². The number of rotatable bonds is 7. The lowest BCUT2D eigenvalue weighted by molar-refractivity contribution is -0.137. The molecule has 0 aliphatic rings. The Bertz CT molecular complexity index is 997. The summed E-state index contributed by atoms with van der Waals surface area (Å²) in [6.45, 7) is 1.50. The fraction of sp³-hybridized carbons (Fsp3) is 0.273. The van der Waals surface area contributed by atoms with E-state index in [0.29, 0.717) is 28.4 Å². The first kappa shape index (κ1) is 22.0. The number of hydrogen-bond acceptors (Lipinski definition) is 4. The minimum atomic E-state index is -4.39. The van der Waals surface area contributed by atoms with Gasteiger partial charge >= 0.3 is 6.18 Å². The molecular formula is C22H22F3N3OS. The van der Waals surface area contributed by atoms with E-state index in [4.69, 9.17) is 0 Å². The highest BCUT2D eigenvalue weighted by atomic mass is 32.1. The molecular weight excluding hydrogens is 411 g/mol. The summed E-state index contributed by atoms with van der Waals surface area (Å²) in [5.41, 5.74) is 1.57. The number of thiazole rings is 1. The van der Waals surface area contributed by atoms with Gasteiger partial charge in [-0.2, -0.15) is 13.2 Å². The van der Waals surface area contributed by atoms with Gasteiger partial charge in [-0.25, -0.2) is 4.98 Å². The van der Waals surface area contributed by atoms with Gasteiger partial charge in [-0.1, -0.05) is 24.3 Å². The predicted octanol–water partition coefficient (Wildman–Crippen LogP) is 5.18. The first-order chi connectivity index (χ1) is 14.2. The van der Waals surface area contributed by atoms with Gasteiger partial charge in [-0.15, -0.1) is 11.3 Å². The van der Waals surface area contributed by atoms with Crippen LogP contribution in [0.15, 0.2) is 53.9 Å². The Labute approximate surface area is 177 Å². The predicted molar refractivity (Wildman–Crippen MR) is 113 cm³/mol. The number of benzene rings is 2. The maximum atomic E-state index is 12.9. The second-order valence-corrected chi connectivity index (χ2v) is 7.96. The maximum absolute atomic E-state index is 12.9. The van der Waals surface area contributed by atoms with Crippen molar-refractivity contribution >= 4 is 17.2 Å². The highest BCUT2D eigenvalue weighted by Crippen LogP contribution is 2.34. The molecule has 0 unspecified atom stereocenters. The van der Waals surface area contributed by atoms with E-state index in [1.165, 1.54) is 17.4 Å². The molecule has 0 aliphatic heterocycles. The summed E-state index contributed by atoms with van der Waals surface area (Å²) in [7, 11) is 3.97. The summed E-state index contributed by atoms with van der Waals surface area (Å²) in [5, 5.41) is 5.30. The molecule has 8 heteroatoms. The number of halogens is 3. The zero-order valence-electron chi connectivity index (χ0n) is 16.7. The summed E-state index contributed by atoms with van der Waals surface area (Å²) in [5.74, 6) is -0.135. The van der Waals surface area contributed by atoms with Crippen LogP contribution in [0.2, 0.25) is 0 Å². The average Bonchev–Trinajstić information content (AvgIpc) is 3.21.